The topological polar surface area (TPSA) is 133 Å². The molecule has 24 heavy (non-hydrogen) atoms. The van der Waals surface area contributed by atoms with Crippen molar-refractivity contribution < 1.29 is 37.4 Å². The van der Waals surface area contributed by atoms with Gasteiger partial charge in [-0.2, -0.15) is 13.2 Å². The first-order chi connectivity index (χ1) is 11.0. The number of carboxylic acids is 1. The van der Waals surface area contributed by atoms with Crippen LogP contribution in [0.25, 0.3) is 0 Å². The van der Waals surface area contributed by atoms with Crippen molar-refractivity contribution in [3.8, 4) is 0 Å². The van der Waals surface area contributed by atoms with Crippen molar-refractivity contribution >= 4 is 17.8 Å². The lowest BCUT2D eigenvalue weighted by atomic mass is 10.1. The summed E-state index contributed by atoms with van der Waals surface area (Å²) < 4.78 is 36.7. The van der Waals surface area contributed by atoms with Gasteiger partial charge in [-0.05, 0) is 12.0 Å². The van der Waals surface area contributed by atoms with E-state index in [4.69, 9.17) is 26.1 Å². The monoisotopic (exact) mass is 350 g/mol. The van der Waals surface area contributed by atoms with Gasteiger partial charge in [-0.15, -0.1) is 0 Å². The fourth-order valence-corrected chi connectivity index (χ4v) is 1.25. The summed E-state index contributed by atoms with van der Waals surface area (Å²) in [5.74, 6) is -3.75. The Kier molecular flexibility index (Phi) is 9.10. The van der Waals surface area contributed by atoms with Gasteiger partial charge in [0.25, 0.3) is 0 Å². The van der Waals surface area contributed by atoms with Crippen LogP contribution < -0.4 is 11.5 Å². The van der Waals surface area contributed by atoms with E-state index in [2.05, 4.69) is 0 Å². The molecule has 1 amide bonds. The van der Waals surface area contributed by atoms with Crippen LogP contribution in [0.4, 0.5) is 13.2 Å². The van der Waals surface area contributed by atoms with Gasteiger partial charge in [0, 0.05) is 6.42 Å². The van der Waals surface area contributed by atoms with E-state index in [9.17, 15) is 22.8 Å². The molecule has 0 aromatic heterocycles. The lowest BCUT2D eigenvalue weighted by Gasteiger charge is -2.10. The predicted octanol–water partition coefficient (Wildman–Crippen LogP) is 0.956. The van der Waals surface area contributed by atoms with Crippen LogP contribution in [0.1, 0.15) is 18.4 Å². The quantitative estimate of drug-likeness (QED) is 0.655. The number of carbonyl (C=O) groups excluding carboxylic acids is 2. The zero-order chi connectivity index (χ0) is 18.8. The van der Waals surface area contributed by atoms with E-state index in [-0.39, 0.29) is 19.4 Å². The van der Waals surface area contributed by atoms with Gasteiger partial charge in [0.2, 0.25) is 5.91 Å². The van der Waals surface area contributed by atoms with Crippen LogP contribution in [-0.4, -0.2) is 35.2 Å². The van der Waals surface area contributed by atoms with Crippen LogP contribution in [0.2, 0.25) is 0 Å². The minimum atomic E-state index is -5.08. The highest BCUT2D eigenvalue weighted by atomic mass is 19.4. The molecule has 5 N–H and O–H groups in total. The van der Waals surface area contributed by atoms with Gasteiger partial charge in [-0.3, -0.25) is 9.59 Å². The van der Waals surface area contributed by atoms with Gasteiger partial charge >= 0.3 is 18.1 Å². The maximum absolute atomic E-state index is 11.4. The number of rotatable bonds is 6. The van der Waals surface area contributed by atoms with Gasteiger partial charge in [-0.25, -0.2) is 4.79 Å². The summed E-state index contributed by atoms with van der Waals surface area (Å²) in [5.41, 5.74) is 11.4. The van der Waals surface area contributed by atoms with Crippen molar-refractivity contribution in [1.82, 2.24) is 0 Å². The van der Waals surface area contributed by atoms with E-state index in [0.717, 1.165) is 5.56 Å². The fourth-order valence-electron chi connectivity index (χ4n) is 1.25. The van der Waals surface area contributed by atoms with E-state index >= 15 is 0 Å². The maximum Gasteiger partial charge on any atom is 0.490 e. The minimum absolute atomic E-state index is 0.0849. The second-order valence-corrected chi connectivity index (χ2v) is 4.51. The Labute approximate surface area is 135 Å². The summed E-state index contributed by atoms with van der Waals surface area (Å²) in [4.78, 5) is 30.8. The zero-order valence-corrected chi connectivity index (χ0v) is 12.5. The SMILES string of the molecule is NC(=O)CC[C@H](N)C(=O)OCc1ccccc1.O=C(O)C(F)(F)F. The molecule has 0 aliphatic carbocycles. The minimum Gasteiger partial charge on any atom is -0.475 e. The lowest BCUT2D eigenvalue weighted by molar-refractivity contribution is -0.192. The Balaban J connectivity index is 0.000000640. The van der Waals surface area contributed by atoms with Crippen LogP contribution in [0, 0.1) is 0 Å². The first kappa shape index (κ1) is 21.4. The number of benzene rings is 1. The molecule has 0 bridgehead atoms. The molecule has 7 nitrogen and oxygen atoms in total. The number of hydrogen-bond donors (Lipinski definition) is 3. The van der Waals surface area contributed by atoms with Crippen molar-refractivity contribution in [2.75, 3.05) is 0 Å². The maximum atomic E-state index is 11.4. The molecule has 1 rings (SSSR count). The Morgan fingerprint density at radius 1 is 1.17 bits per heavy atom. The summed E-state index contributed by atoms with van der Waals surface area (Å²) in [6, 6.07) is 8.49. The molecular formula is C14H17F3N2O5. The number of nitrogens with two attached hydrogens (primary N) is 2. The summed E-state index contributed by atoms with van der Waals surface area (Å²) in [6.45, 7) is 0.184. The van der Waals surface area contributed by atoms with Crippen LogP contribution >= 0.6 is 0 Å². The number of alkyl halides is 3. The van der Waals surface area contributed by atoms with E-state index in [1.165, 1.54) is 0 Å². The number of amides is 1. The molecule has 1 aromatic rings. The molecule has 1 atom stereocenters. The molecule has 134 valence electrons. The number of primary amides is 1. The second-order valence-electron chi connectivity index (χ2n) is 4.51. The summed E-state index contributed by atoms with van der Waals surface area (Å²) in [7, 11) is 0. The number of carboxylic acid groups (broad SMARTS) is 1. The third-order valence-corrected chi connectivity index (χ3v) is 2.47. The highest BCUT2D eigenvalue weighted by molar-refractivity contribution is 5.78. The van der Waals surface area contributed by atoms with Gasteiger partial charge < -0.3 is 21.3 Å². The van der Waals surface area contributed by atoms with E-state index < -0.39 is 30.1 Å². The number of ether oxygens (including phenoxy) is 1. The molecular weight excluding hydrogens is 333 g/mol. The van der Waals surface area contributed by atoms with Gasteiger partial charge in [-0.1, -0.05) is 30.3 Å². The van der Waals surface area contributed by atoms with E-state index in [0.29, 0.717) is 0 Å². The van der Waals surface area contributed by atoms with Crippen LogP contribution in [0.15, 0.2) is 30.3 Å². The summed E-state index contributed by atoms with van der Waals surface area (Å²) in [5, 5.41) is 7.12. The van der Waals surface area contributed by atoms with E-state index in [1.807, 2.05) is 30.3 Å². The fraction of sp³-hybridized carbons (Fsp3) is 0.357. The molecule has 10 heteroatoms. The number of hydrogen-bond acceptors (Lipinski definition) is 5. The first-order valence-electron chi connectivity index (χ1n) is 6.58. The van der Waals surface area contributed by atoms with Gasteiger partial charge in [0.05, 0.1) is 0 Å². The molecule has 0 aliphatic rings. The number of halogens is 3. The standard InChI is InChI=1S/C12H16N2O3.C2HF3O2/c13-10(6-7-11(14)15)12(16)17-8-9-4-2-1-3-5-9;3-2(4,5)1(6)7/h1-5,10H,6-8,13H2,(H2,14,15);(H,6,7)/t10-;/m0./s1. The average Bonchev–Trinajstić information content (AvgIpc) is 2.50. The third kappa shape index (κ3) is 10.2. The largest absolute Gasteiger partial charge is 0.490 e. The number of aliphatic carboxylic acids is 1. The zero-order valence-electron chi connectivity index (χ0n) is 12.5. The van der Waals surface area contributed by atoms with Crippen LogP contribution in [0.3, 0.4) is 0 Å². The van der Waals surface area contributed by atoms with Crippen molar-refractivity contribution in [1.29, 1.82) is 0 Å². The Hall–Kier alpha value is -2.62. The van der Waals surface area contributed by atoms with Crippen LogP contribution in [-0.2, 0) is 25.7 Å². The van der Waals surface area contributed by atoms with Crippen molar-refractivity contribution in [2.45, 2.75) is 31.7 Å². The average molecular weight is 350 g/mol. The molecule has 0 aliphatic heterocycles. The highest BCUT2D eigenvalue weighted by Crippen LogP contribution is 2.13. The molecule has 0 saturated carbocycles. The Morgan fingerprint density at radius 2 is 1.67 bits per heavy atom. The van der Waals surface area contributed by atoms with Gasteiger partial charge in [0.15, 0.2) is 0 Å². The molecule has 0 radical (unpaired) electrons. The molecule has 0 unspecified atom stereocenters. The van der Waals surface area contributed by atoms with Crippen molar-refractivity contribution in [2.24, 2.45) is 11.5 Å². The predicted molar refractivity (Wildman–Crippen MR) is 76.3 cm³/mol. The smallest absolute Gasteiger partial charge is 0.475 e. The molecule has 0 heterocycles. The molecule has 0 fully saturated rings. The molecule has 1 aromatic carbocycles. The molecule has 0 saturated heterocycles. The second kappa shape index (κ2) is 10.2. The third-order valence-electron chi connectivity index (χ3n) is 2.47. The number of esters is 1. The molecule has 0 spiro atoms. The highest BCUT2D eigenvalue weighted by Gasteiger charge is 2.38. The Bertz CT molecular complexity index is 549. The number of carbonyl (C=O) groups is 3. The van der Waals surface area contributed by atoms with Crippen LogP contribution in [0.5, 0.6) is 0 Å². The van der Waals surface area contributed by atoms with Gasteiger partial charge in [0.1, 0.15) is 12.6 Å². The normalized spacial score (nSPS) is 11.7. The lowest BCUT2D eigenvalue weighted by Crippen LogP contribution is -2.33. The Morgan fingerprint density at radius 3 is 2.08 bits per heavy atom. The van der Waals surface area contributed by atoms with E-state index in [1.54, 1.807) is 0 Å². The summed E-state index contributed by atoms with van der Waals surface area (Å²) in [6.07, 6.45) is -4.79. The summed E-state index contributed by atoms with van der Waals surface area (Å²) >= 11 is 0. The van der Waals surface area contributed by atoms with Crippen molar-refractivity contribution in [3.05, 3.63) is 35.9 Å². The van der Waals surface area contributed by atoms with Crippen molar-refractivity contribution in [3.63, 3.8) is 0 Å². The first-order valence-corrected chi connectivity index (χ1v) is 6.58.